The average molecular weight is 470 g/mol. The Labute approximate surface area is 206 Å². The fourth-order valence-corrected chi connectivity index (χ4v) is 3.93. The molecule has 2 rings (SSSR count). The zero-order valence-corrected chi connectivity index (χ0v) is 22.7. The summed E-state index contributed by atoms with van der Waals surface area (Å²) in [4.78, 5) is 36.7. The van der Waals surface area contributed by atoms with Crippen molar-refractivity contribution in [1.82, 2.24) is 5.32 Å². The minimum atomic E-state index is -0.611. The average Bonchev–Trinajstić information content (AvgIpc) is 2.76. The number of rotatable bonds is 9. The molecule has 1 aromatic rings. The minimum Gasteiger partial charge on any atom is -0.497 e. The lowest BCUT2D eigenvalue weighted by molar-refractivity contribution is -0.124. The van der Waals surface area contributed by atoms with E-state index in [1.54, 1.807) is 27.9 Å². The van der Waals surface area contributed by atoms with Crippen LogP contribution in [-0.4, -0.2) is 37.0 Å². The topological polar surface area (TPSA) is 72.5 Å². The number of methoxy groups -OCH3 is 1. The minimum absolute atomic E-state index is 0.0667. The van der Waals surface area contributed by atoms with Crippen LogP contribution in [0.25, 0.3) is 0 Å². The van der Waals surface area contributed by atoms with Gasteiger partial charge in [0.2, 0.25) is 0 Å². The predicted molar refractivity (Wildman–Crippen MR) is 139 cm³/mol. The lowest BCUT2D eigenvalue weighted by Crippen LogP contribution is -2.32. The van der Waals surface area contributed by atoms with Crippen LogP contribution in [-0.2, 0) is 20.8 Å². The molecule has 5 nitrogen and oxygen atoms in total. The molecule has 0 saturated carbocycles. The van der Waals surface area contributed by atoms with Crippen LogP contribution >= 0.6 is 0 Å². The van der Waals surface area contributed by atoms with Crippen LogP contribution in [0.4, 0.5) is 0 Å². The third-order valence-corrected chi connectivity index (χ3v) is 6.25. The normalized spacial score (nSPS) is 14.6. The summed E-state index contributed by atoms with van der Waals surface area (Å²) in [5, 5.41) is 3.39. The Kier molecular flexibility index (Phi) is 11.1. The first kappa shape index (κ1) is 29.5. The second-order valence-corrected chi connectivity index (χ2v) is 10.3. The number of carbonyl (C=O) groups is 3. The van der Waals surface area contributed by atoms with Gasteiger partial charge in [0.05, 0.1) is 7.11 Å². The smallest absolute Gasteiger partial charge is 0.186 e. The van der Waals surface area contributed by atoms with Crippen molar-refractivity contribution in [3.05, 3.63) is 52.1 Å². The van der Waals surface area contributed by atoms with Crippen molar-refractivity contribution in [3.63, 3.8) is 0 Å². The molecule has 0 spiro atoms. The first-order valence-electron chi connectivity index (χ1n) is 12.1. The van der Waals surface area contributed by atoms with Gasteiger partial charge >= 0.3 is 0 Å². The molecule has 5 heteroatoms. The van der Waals surface area contributed by atoms with Crippen LogP contribution in [0.5, 0.6) is 5.75 Å². The highest BCUT2D eigenvalue weighted by atomic mass is 16.5. The number of carbonyl (C=O) groups excluding carboxylic acids is 3. The molecule has 1 N–H and O–H groups in total. The summed E-state index contributed by atoms with van der Waals surface area (Å²) >= 11 is 0. The van der Waals surface area contributed by atoms with E-state index < -0.39 is 5.41 Å². The molecule has 1 aliphatic carbocycles. The largest absolute Gasteiger partial charge is 0.497 e. The quantitative estimate of drug-likeness (QED) is 0.472. The fraction of sp³-hybridized carbons (Fsp3) is 0.552. The Balaban J connectivity index is 0.000000362. The van der Waals surface area contributed by atoms with Crippen LogP contribution in [0.2, 0.25) is 0 Å². The Hall–Kier alpha value is -2.53. The summed E-state index contributed by atoms with van der Waals surface area (Å²) in [6.07, 6.45) is 1.35. The molecule has 0 amide bonds. The summed E-state index contributed by atoms with van der Waals surface area (Å²) < 4.78 is 5.10. The Morgan fingerprint density at radius 2 is 1.44 bits per heavy atom. The molecule has 0 atom stereocenters. The summed E-state index contributed by atoms with van der Waals surface area (Å²) in [5.74, 6) is 0.788. The maximum Gasteiger partial charge on any atom is 0.186 e. The highest BCUT2D eigenvalue weighted by molar-refractivity contribution is 6.25. The molecule has 0 saturated heterocycles. The van der Waals surface area contributed by atoms with E-state index in [2.05, 4.69) is 31.3 Å². The first-order chi connectivity index (χ1) is 15.7. The van der Waals surface area contributed by atoms with Gasteiger partial charge in [-0.2, -0.15) is 0 Å². The van der Waals surface area contributed by atoms with Gasteiger partial charge in [0.1, 0.15) is 11.5 Å². The van der Waals surface area contributed by atoms with Crippen molar-refractivity contribution < 1.29 is 19.1 Å². The van der Waals surface area contributed by atoms with Crippen LogP contribution < -0.4 is 10.1 Å². The van der Waals surface area contributed by atoms with E-state index in [-0.39, 0.29) is 29.7 Å². The maximum atomic E-state index is 12.5. The van der Waals surface area contributed by atoms with Crippen molar-refractivity contribution in [3.8, 4) is 5.75 Å². The molecule has 0 bridgehead atoms. The molecule has 188 valence electrons. The van der Waals surface area contributed by atoms with Crippen molar-refractivity contribution in [2.24, 2.45) is 11.3 Å². The van der Waals surface area contributed by atoms with Gasteiger partial charge in [-0.25, -0.2) is 0 Å². The maximum absolute atomic E-state index is 12.5. The Morgan fingerprint density at radius 3 is 1.91 bits per heavy atom. The number of hydrogen-bond donors (Lipinski definition) is 1. The van der Waals surface area contributed by atoms with Gasteiger partial charge in [-0.3, -0.25) is 14.4 Å². The van der Waals surface area contributed by atoms with Gasteiger partial charge in [0.25, 0.3) is 0 Å². The van der Waals surface area contributed by atoms with Crippen LogP contribution in [0.1, 0.15) is 74.3 Å². The highest BCUT2D eigenvalue weighted by Gasteiger charge is 2.38. The molecule has 0 heterocycles. The standard InChI is InChI=1S/C17H24O3.C12H19NO/c1-9(2)13(18)8-17(6,7)14-12(5)15(19)10(3)11(4)16(14)20;1-10(2)13-9-8-11-4-6-12(14-3)7-5-11/h9H,8H2,1-7H3;4-7,10,13H,8-9H2,1-3H3. The van der Waals surface area contributed by atoms with Gasteiger partial charge in [-0.15, -0.1) is 0 Å². The van der Waals surface area contributed by atoms with Crippen LogP contribution in [0, 0.1) is 11.3 Å². The van der Waals surface area contributed by atoms with Crippen molar-refractivity contribution in [2.45, 2.75) is 81.2 Å². The van der Waals surface area contributed by atoms with Gasteiger partial charge in [0, 0.05) is 46.1 Å². The molecular formula is C29H43NO4. The van der Waals surface area contributed by atoms with E-state index in [4.69, 9.17) is 4.74 Å². The van der Waals surface area contributed by atoms with Crippen LogP contribution in [0.15, 0.2) is 46.6 Å². The number of ketones is 3. The van der Waals surface area contributed by atoms with Crippen LogP contribution in [0.3, 0.4) is 0 Å². The van der Waals surface area contributed by atoms with E-state index >= 15 is 0 Å². The molecule has 1 aliphatic rings. The molecule has 34 heavy (non-hydrogen) atoms. The summed E-state index contributed by atoms with van der Waals surface area (Å²) in [7, 11) is 1.69. The monoisotopic (exact) mass is 469 g/mol. The summed E-state index contributed by atoms with van der Waals surface area (Å²) in [5.41, 5.74) is 2.74. The van der Waals surface area contributed by atoms with Gasteiger partial charge in [0.15, 0.2) is 11.6 Å². The van der Waals surface area contributed by atoms with E-state index in [0.717, 1.165) is 18.7 Å². The number of hydrogen-bond acceptors (Lipinski definition) is 5. The molecule has 1 aromatic carbocycles. The summed E-state index contributed by atoms with van der Waals surface area (Å²) in [6, 6.07) is 8.80. The highest BCUT2D eigenvalue weighted by Crippen LogP contribution is 2.39. The molecule has 0 radical (unpaired) electrons. The van der Waals surface area contributed by atoms with Gasteiger partial charge < -0.3 is 10.1 Å². The molecule has 0 unspecified atom stereocenters. The SMILES string of the molecule is CC1=C(C)C(=O)C(C(C)(C)CC(=O)C(C)C)=C(C)C1=O.COc1ccc(CCNC(C)C)cc1. The van der Waals surface area contributed by atoms with Crippen molar-refractivity contribution in [2.75, 3.05) is 13.7 Å². The van der Waals surface area contributed by atoms with Crippen molar-refractivity contribution in [1.29, 1.82) is 0 Å². The lowest BCUT2D eigenvalue weighted by atomic mass is 9.70. The first-order valence-corrected chi connectivity index (χ1v) is 12.1. The van der Waals surface area contributed by atoms with Gasteiger partial charge in [-0.05, 0) is 51.4 Å². The molecule has 0 aliphatic heterocycles. The zero-order valence-electron chi connectivity index (χ0n) is 22.7. The number of ether oxygens (including phenoxy) is 1. The molecule has 0 aromatic heterocycles. The second kappa shape index (κ2) is 12.8. The lowest BCUT2D eigenvalue weighted by Gasteiger charge is -2.31. The van der Waals surface area contributed by atoms with Gasteiger partial charge in [-0.1, -0.05) is 53.7 Å². The number of nitrogens with one attached hydrogen (secondary N) is 1. The van der Waals surface area contributed by atoms with Crippen molar-refractivity contribution >= 4 is 17.3 Å². The predicted octanol–water partition coefficient (Wildman–Crippen LogP) is 5.67. The Morgan fingerprint density at radius 1 is 0.912 bits per heavy atom. The third-order valence-electron chi connectivity index (χ3n) is 6.25. The van der Waals surface area contributed by atoms with E-state index in [1.165, 1.54) is 5.56 Å². The molecular weight excluding hydrogens is 426 g/mol. The van der Waals surface area contributed by atoms with E-state index in [9.17, 15) is 14.4 Å². The third kappa shape index (κ3) is 8.05. The fourth-order valence-electron chi connectivity index (χ4n) is 3.93. The summed E-state index contributed by atoms with van der Waals surface area (Å²) in [6.45, 7) is 17.8. The number of Topliss-reactive ketones (excluding diaryl/α,β-unsaturated/α-hetero) is 3. The van der Waals surface area contributed by atoms with E-state index in [1.807, 2.05) is 39.8 Å². The zero-order chi connectivity index (χ0) is 26.2. The molecule has 0 fully saturated rings. The van der Waals surface area contributed by atoms with E-state index in [0.29, 0.717) is 28.3 Å². The second-order valence-electron chi connectivity index (χ2n) is 10.3. The Bertz CT molecular complexity index is 947. The number of benzene rings is 1. The number of allylic oxidation sites excluding steroid dienone is 4.